The van der Waals surface area contributed by atoms with Crippen LogP contribution < -0.4 is 20.5 Å². The maximum absolute atomic E-state index is 11.1. The molecule has 0 aliphatic rings. The van der Waals surface area contributed by atoms with Gasteiger partial charge in [-0.25, -0.2) is 4.68 Å². The van der Waals surface area contributed by atoms with Crippen LogP contribution >= 0.6 is 0 Å². The molecule has 3 rings (SSSR count). The van der Waals surface area contributed by atoms with Gasteiger partial charge in [0.2, 0.25) is 6.41 Å². The monoisotopic (exact) mass is 380 g/mol. The van der Waals surface area contributed by atoms with Crippen LogP contribution in [0.25, 0.3) is 16.9 Å². The molecule has 0 radical (unpaired) electrons. The van der Waals surface area contributed by atoms with Crippen molar-refractivity contribution in [3.05, 3.63) is 47.0 Å². The number of amides is 1. The Labute approximate surface area is 164 Å². The molecule has 0 aliphatic carbocycles. The Morgan fingerprint density at radius 3 is 2.39 bits per heavy atom. The highest BCUT2D eigenvalue weighted by atomic mass is 16.5. The fourth-order valence-corrected chi connectivity index (χ4v) is 3.15. The molecule has 0 unspecified atom stereocenters. The van der Waals surface area contributed by atoms with E-state index < -0.39 is 0 Å². The molecule has 146 valence electrons. The third-order valence-corrected chi connectivity index (χ3v) is 4.75. The van der Waals surface area contributed by atoms with Crippen molar-refractivity contribution in [2.45, 2.75) is 20.8 Å². The van der Waals surface area contributed by atoms with E-state index in [1.807, 2.05) is 39.0 Å². The number of ether oxygens (including phenoxy) is 2. The molecule has 0 bridgehead atoms. The number of nitrogen functional groups attached to an aromatic ring is 1. The zero-order valence-electron chi connectivity index (χ0n) is 16.7. The summed E-state index contributed by atoms with van der Waals surface area (Å²) >= 11 is 0. The van der Waals surface area contributed by atoms with Crippen molar-refractivity contribution in [2.75, 3.05) is 25.3 Å². The van der Waals surface area contributed by atoms with Gasteiger partial charge in [0.1, 0.15) is 11.5 Å². The predicted octanol–water partition coefficient (Wildman–Crippen LogP) is 3.63. The molecular formula is C21H24N4O3. The summed E-state index contributed by atoms with van der Waals surface area (Å²) in [4.78, 5) is 11.1. The SMILES string of the molecule is COc1cc(NC=O)c(-c2nn(-c3cc(C)ccc3C)c(N)c2C)cc1OC. The lowest BCUT2D eigenvalue weighted by molar-refractivity contribution is -0.105. The summed E-state index contributed by atoms with van der Waals surface area (Å²) in [6.07, 6.45) is 0.616. The molecule has 7 nitrogen and oxygen atoms in total. The Hall–Kier alpha value is -3.48. The second-order valence-corrected chi connectivity index (χ2v) is 6.58. The van der Waals surface area contributed by atoms with Crippen LogP contribution in [0.1, 0.15) is 16.7 Å². The lowest BCUT2D eigenvalue weighted by Crippen LogP contribution is -2.04. The minimum absolute atomic E-state index is 0.509. The van der Waals surface area contributed by atoms with Gasteiger partial charge in [-0.2, -0.15) is 5.10 Å². The number of aryl methyl sites for hydroxylation is 2. The van der Waals surface area contributed by atoms with E-state index in [1.165, 1.54) is 0 Å². The quantitative estimate of drug-likeness (QED) is 0.637. The van der Waals surface area contributed by atoms with Gasteiger partial charge in [0.05, 0.1) is 25.6 Å². The van der Waals surface area contributed by atoms with Crippen LogP contribution in [0.4, 0.5) is 11.5 Å². The molecule has 28 heavy (non-hydrogen) atoms. The van der Waals surface area contributed by atoms with E-state index in [4.69, 9.17) is 20.3 Å². The van der Waals surface area contributed by atoms with E-state index in [1.54, 1.807) is 31.0 Å². The molecule has 1 aromatic heterocycles. The van der Waals surface area contributed by atoms with Gasteiger partial charge in [-0.3, -0.25) is 4.79 Å². The van der Waals surface area contributed by atoms with Crippen LogP contribution in [0.3, 0.4) is 0 Å². The van der Waals surface area contributed by atoms with Gasteiger partial charge in [-0.1, -0.05) is 12.1 Å². The maximum Gasteiger partial charge on any atom is 0.211 e. The summed E-state index contributed by atoms with van der Waals surface area (Å²) in [5.74, 6) is 1.58. The predicted molar refractivity (Wildman–Crippen MR) is 110 cm³/mol. The van der Waals surface area contributed by atoms with E-state index in [-0.39, 0.29) is 0 Å². The summed E-state index contributed by atoms with van der Waals surface area (Å²) in [5.41, 5.74) is 12.2. The number of methoxy groups -OCH3 is 2. The number of hydrogen-bond donors (Lipinski definition) is 2. The third kappa shape index (κ3) is 3.26. The number of aromatic nitrogens is 2. The number of nitrogens with zero attached hydrogens (tertiary/aromatic N) is 2. The maximum atomic E-state index is 11.1. The zero-order chi connectivity index (χ0) is 20.4. The Morgan fingerprint density at radius 1 is 1.07 bits per heavy atom. The molecule has 7 heteroatoms. The molecule has 0 fully saturated rings. The van der Waals surface area contributed by atoms with Crippen LogP contribution in [0.2, 0.25) is 0 Å². The van der Waals surface area contributed by atoms with Crippen molar-refractivity contribution >= 4 is 17.9 Å². The average molecular weight is 380 g/mol. The smallest absolute Gasteiger partial charge is 0.211 e. The highest BCUT2D eigenvalue weighted by molar-refractivity contribution is 5.88. The van der Waals surface area contributed by atoms with E-state index in [9.17, 15) is 4.79 Å². The number of nitrogens with two attached hydrogens (primary N) is 1. The first kappa shape index (κ1) is 19.3. The van der Waals surface area contributed by atoms with Gasteiger partial charge in [0.15, 0.2) is 11.5 Å². The summed E-state index contributed by atoms with van der Waals surface area (Å²) in [6.45, 7) is 5.94. The topological polar surface area (TPSA) is 91.4 Å². The number of nitrogens with one attached hydrogen (secondary N) is 1. The Morgan fingerprint density at radius 2 is 1.75 bits per heavy atom. The number of hydrogen-bond acceptors (Lipinski definition) is 5. The van der Waals surface area contributed by atoms with Gasteiger partial charge in [0.25, 0.3) is 0 Å². The molecular weight excluding hydrogens is 356 g/mol. The molecule has 1 amide bonds. The van der Waals surface area contributed by atoms with E-state index in [0.29, 0.717) is 40.7 Å². The Balaban J connectivity index is 2.25. The van der Waals surface area contributed by atoms with Gasteiger partial charge in [-0.15, -0.1) is 0 Å². The summed E-state index contributed by atoms with van der Waals surface area (Å²) in [7, 11) is 3.10. The van der Waals surface area contributed by atoms with Crippen molar-refractivity contribution in [3.63, 3.8) is 0 Å². The molecule has 3 aromatic rings. The lowest BCUT2D eigenvalue weighted by atomic mass is 10.0. The third-order valence-electron chi connectivity index (χ3n) is 4.75. The normalized spacial score (nSPS) is 10.6. The van der Waals surface area contributed by atoms with Crippen molar-refractivity contribution in [3.8, 4) is 28.4 Å². The van der Waals surface area contributed by atoms with Gasteiger partial charge < -0.3 is 20.5 Å². The molecule has 0 atom stereocenters. The number of benzene rings is 2. The number of anilines is 2. The lowest BCUT2D eigenvalue weighted by Gasteiger charge is -2.13. The van der Waals surface area contributed by atoms with Crippen molar-refractivity contribution in [2.24, 2.45) is 0 Å². The number of rotatable bonds is 6. The van der Waals surface area contributed by atoms with Crippen LogP contribution in [-0.4, -0.2) is 30.4 Å². The zero-order valence-corrected chi connectivity index (χ0v) is 16.7. The molecule has 2 aromatic carbocycles. The molecule has 1 heterocycles. The van der Waals surface area contributed by atoms with Crippen molar-refractivity contribution in [1.82, 2.24) is 9.78 Å². The molecule has 0 saturated heterocycles. The van der Waals surface area contributed by atoms with Gasteiger partial charge >= 0.3 is 0 Å². The van der Waals surface area contributed by atoms with Crippen LogP contribution in [0.5, 0.6) is 11.5 Å². The summed E-state index contributed by atoms with van der Waals surface area (Å²) in [5, 5.41) is 7.48. The van der Waals surface area contributed by atoms with E-state index in [0.717, 1.165) is 22.4 Å². The first-order valence-corrected chi connectivity index (χ1v) is 8.80. The van der Waals surface area contributed by atoms with Crippen LogP contribution in [0, 0.1) is 20.8 Å². The van der Waals surface area contributed by atoms with Crippen molar-refractivity contribution < 1.29 is 14.3 Å². The average Bonchev–Trinajstić information content (AvgIpc) is 2.98. The fraction of sp³-hybridized carbons (Fsp3) is 0.238. The Kier molecular flexibility index (Phi) is 5.26. The first-order chi connectivity index (χ1) is 13.4. The second kappa shape index (κ2) is 7.64. The minimum atomic E-state index is 0.509. The highest BCUT2D eigenvalue weighted by Gasteiger charge is 2.21. The summed E-state index contributed by atoms with van der Waals surface area (Å²) < 4.78 is 12.5. The van der Waals surface area contributed by atoms with E-state index in [2.05, 4.69) is 5.32 Å². The van der Waals surface area contributed by atoms with Crippen molar-refractivity contribution in [1.29, 1.82) is 0 Å². The molecule has 0 spiro atoms. The van der Waals surface area contributed by atoms with Gasteiger partial charge in [0, 0.05) is 17.2 Å². The standard InChI is InChI=1S/C21H24N4O3/c1-12-6-7-13(2)17(8-12)25-21(22)14(3)20(24-25)15-9-18(27-4)19(28-5)10-16(15)23-11-26/h6-11H,22H2,1-5H3,(H,23,26). The number of carbonyl (C=O) groups is 1. The Bertz CT molecular complexity index is 1040. The molecule has 0 saturated carbocycles. The van der Waals surface area contributed by atoms with Gasteiger partial charge in [-0.05, 0) is 44.0 Å². The highest BCUT2D eigenvalue weighted by Crippen LogP contribution is 2.40. The second-order valence-electron chi connectivity index (χ2n) is 6.58. The fourth-order valence-electron chi connectivity index (χ4n) is 3.15. The first-order valence-electron chi connectivity index (χ1n) is 8.80. The molecule has 3 N–H and O–H groups in total. The molecule has 0 aliphatic heterocycles. The van der Waals surface area contributed by atoms with Crippen LogP contribution in [0.15, 0.2) is 30.3 Å². The largest absolute Gasteiger partial charge is 0.493 e. The summed E-state index contributed by atoms with van der Waals surface area (Å²) in [6, 6.07) is 9.62. The minimum Gasteiger partial charge on any atom is -0.493 e. The van der Waals surface area contributed by atoms with E-state index >= 15 is 0 Å². The van der Waals surface area contributed by atoms with Crippen LogP contribution in [-0.2, 0) is 4.79 Å². The number of carbonyl (C=O) groups excluding carboxylic acids is 1.